The minimum Gasteiger partial charge on any atom is -0.309 e. The molecule has 0 radical (unpaired) electrons. The maximum absolute atomic E-state index is 3.64. The van der Waals surface area contributed by atoms with E-state index in [1.165, 1.54) is 12.0 Å². The molecule has 1 aliphatic rings. The van der Waals surface area contributed by atoms with Gasteiger partial charge in [0.25, 0.3) is 0 Å². The molecule has 2 rings (SSSR count). The first kappa shape index (κ1) is 12.1. The number of nitrogens with zero attached hydrogens (tertiary/aromatic N) is 1. The number of hydrogen-bond donors (Lipinski definition) is 1. The molecule has 0 spiro atoms. The predicted molar refractivity (Wildman–Crippen MR) is 71.0 cm³/mol. The second kappa shape index (κ2) is 4.86. The van der Waals surface area contributed by atoms with Gasteiger partial charge in [-0.05, 0) is 42.7 Å². The SMILES string of the molecule is CCC1(C)CN(C(C)c2ccsc2)CCN1. The Morgan fingerprint density at radius 3 is 3.06 bits per heavy atom. The van der Waals surface area contributed by atoms with E-state index < -0.39 is 0 Å². The van der Waals surface area contributed by atoms with Crippen molar-refractivity contribution in [3.8, 4) is 0 Å². The first-order valence-corrected chi connectivity index (χ1v) is 7.10. The van der Waals surface area contributed by atoms with Crippen molar-refractivity contribution < 1.29 is 0 Å². The van der Waals surface area contributed by atoms with E-state index in [1.807, 2.05) is 0 Å². The van der Waals surface area contributed by atoms with E-state index in [0.717, 1.165) is 19.6 Å². The van der Waals surface area contributed by atoms with Crippen molar-refractivity contribution in [1.29, 1.82) is 0 Å². The Morgan fingerprint density at radius 2 is 2.44 bits per heavy atom. The fourth-order valence-electron chi connectivity index (χ4n) is 2.38. The zero-order valence-electron chi connectivity index (χ0n) is 10.5. The predicted octanol–water partition coefficient (Wildman–Crippen LogP) is 2.88. The molecule has 0 aliphatic carbocycles. The highest BCUT2D eigenvalue weighted by Crippen LogP contribution is 2.26. The first-order chi connectivity index (χ1) is 7.64. The van der Waals surface area contributed by atoms with Gasteiger partial charge in [0.1, 0.15) is 0 Å². The number of hydrogen-bond acceptors (Lipinski definition) is 3. The Morgan fingerprint density at radius 1 is 1.62 bits per heavy atom. The van der Waals surface area contributed by atoms with Gasteiger partial charge in [-0.25, -0.2) is 0 Å². The molecule has 2 heterocycles. The number of rotatable bonds is 3. The van der Waals surface area contributed by atoms with Crippen LogP contribution in [0.15, 0.2) is 16.8 Å². The van der Waals surface area contributed by atoms with E-state index in [-0.39, 0.29) is 0 Å². The first-order valence-electron chi connectivity index (χ1n) is 6.16. The molecule has 2 atom stereocenters. The van der Waals surface area contributed by atoms with Gasteiger partial charge in [0.2, 0.25) is 0 Å². The number of piperazine rings is 1. The Balaban J connectivity index is 2.04. The van der Waals surface area contributed by atoms with Crippen molar-refractivity contribution in [2.24, 2.45) is 0 Å². The summed E-state index contributed by atoms with van der Waals surface area (Å²) in [4.78, 5) is 2.60. The van der Waals surface area contributed by atoms with Crippen LogP contribution in [-0.4, -0.2) is 30.1 Å². The fraction of sp³-hybridized carbons (Fsp3) is 0.692. The molecular formula is C13H22N2S. The van der Waals surface area contributed by atoms with Gasteiger partial charge in [-0.1, -0.05) is 6.92 Å². The Bertz CT molecular complexity index is 323. The maximum atomic E-state index is 3.64. The molecule has 1 aromatic heterocycles. The molecule has 1 N–H and O–H groups in total. The maximum Gasteiger partial charge on any atom is 0.0329 e. The second-order valence-corrected chi connectivity index (χ2v) is 5.82. The quantitative estimate of drug-likeness (QED) is 0.871. The fourth-order valence-corrected chi connectivity index (χ4v) is 3.12. The van der Waals surface area contributed by atoms with Crippen LogP contribution >= 0.6 is 11.3 Å². The van der Waals surface area contributed by atoms with Gasteiger partial charge in [0, 0.05) is 31.2 Å². The Labute approximate surface area is 103 Å². The number of thiophene rings is 1. The molecule has 1 aliphatic heterocycles. The molecule has 90 valence electrons. The monoisotopic (exact) mass is 238 g/mol. The summed E-state index contributed by atoms with van der Waals surface area (Å²) in [5, 5.41) is 8.08. The van der Waals surface area contributed by atoms with Crippen LogP contribution in [-0.2, 0) is 0 Å². The van der Waals surface area contributed by atoms with E-state index in [1.54, 1.807) is 11.3 Å². The van der Waals surface area contributed by atoms with E-state index in [4.69, 9.17) is 0 Å². The summed E-state index contributed by atoms with van der Waals surface area (Å²) in [6.45, 7) is 10.3. The van der Waals surface area contributed by atoms with Crippen LogP contribution in [0.2, 0.25) is 0 Å². The lowest BCUT2D eigenvalue weighted by atomic mass is 9.94. The van der Waals surface area contributed by atoms with E-state index in [9.17, 15) is 0 Å². The van der Waals surface area contributed by atoms with Crippen LogP contribution in [0.3, 0.4) is 0 Å². The summed E-state index contributed by atoms with van der Waals surface area (Å²) in [6, 6.07) is 2.81. The minimum atomic E-state index is 0.294. The molecule has 0 saturated carbocycles. The zero-order valence-corrected chi connectivity index (χ0v) is 11.3. The van der Waals surface area contributed by atoms with Gasteiger partial charge >= 0.3 is 0 Å². The van der Waals surface area contributed by atoms with Gasteiger partial charge in [-0.2, -0.15) is 11.3 Å². The average Bonchev–Trinajstić information content (AvgIpc) is 2.82. The third-order valence-corrected chi connectivity index (χ3v) is 4.56. The van der Waals surface area contributed by atoms with Crippen molar-refractivity contribution in [3.05, 3.63) is 22.4 Å². The van der Waals surface area contributed by atoms with Gasteiger partial charge < -0.3 is 5.32 Å². The van der Waals surface area contributed by atoms with E-state index in [2.05, 4.69) is 47.8 Å². The van der Waals surface area contributed by atoms with Gasteiger partial charge in [0.15, 0.2) is 0 Å². The van der Waals surface area contributed by atoms with Crippen LogP contribution < -0.4 is 5.32 Å². The molecule has 2 unspecified atom stereocenters. The average molecular weight is 238 g/mol. The second-order valence-electron chi connectivity index (χ2n) is 5.04. The van der Waals surface area contributed by atoms with E-state index >= 15 is 0 Å². The highest BCUT2D eigenvalue weighted by atomic mass is 32.1. The summed E-state index contributed by atoms with van der Waals surface area (Å²) in [5.74, 6) is 0. The van der Waals surface area contributed by atoms with Crippen LogP contribution in [0.5, 0.6) is 0 Å². The summed E-state index contributed by atoms with van der Waals surface area (Å²) in [5.41, 5.74) is 1.76. The van der Waals surface area contributed by atoms with Crippen LogP contribution in [0.4, 0.5) is 0 Å². The Hall–Kier alpha value is -0.380. The van der Waals surface area contributed by atoms with Crippen molar-refractivity contribution in [2.45, 2.75) is 38.8 Å². The Kier molecular flexibility index (Phi) is 3.67. The van der Waals surface area contributed by atoms with Crippen LogP contribution in [0.1, 0.15) is 38.8 Å². The number of nitrogens with one attached hydrogen (secondary N) is 1. The lowest BCUT2D eigenvalue weighted by molar-refractivity contribution is 0.105. The van der Waals surface area contributed by atoms with Gasteiger partial charge in [-0.3, -0.25) is 4.90 Å². The van der Waals surface area contributed by atoms with Crippen LogP contribution in [0.25, 0.3) is 0 Å². The lowest BCUT2D eigenvalue weighted by Crippen LogP contribution is -2.58. The lowest BCUT2D eigenvalue weighted by Gasteiger charge is -2.43. The van der Waals surface area contributed by atoms with Crippen molar-refractivity contribution in [2.75, 3.05) is 19.6 Å². The van der Waals surface area contributed by atoms with Gasteiger partial charge in [-0.15, -0.1) is 0 Å². The molecule has 0 bridgehead atoms. The molecule has 3 heteroatoms. The minimum absolute atomic E-state index is 0.294. The smallest absolute Gasteiger partial charge is 0.0329 e. The molecule has 0 aromatic carbocycles. The summed E-state index contributed by atoms with van der Waals surface area (Å²) in [6.07, 6.45) is 1.19. The third kappa shape index (κ3) is 2.47. The molecule has 16 heavy (non-hydrogen) atoms. The normalized spacial score (nSPS) is 29.2. The molecule has 1 aromatic rings. The zero-order chi connectivity index (χ0) is 11.6. The van der Waals surface area contributed by atoms with Crippen molar-refractivity contribution in [1.82, 2.24) is 10.2 Å². The van der Waals surface area contributed by atoms with E-state index in [0.29, 0.717) is 11.6 Å². The molecular weight excluding hydrogens is 216 g/mol. The van der Waals surface area contributed by atoms with Crippen molar-refractivity contribution in [3.63, 3.8) is 0 Å². The summed E-state index contributed by atoms with van der Waals surface area (Å²) >= 11 is 1.80. The topological polar surface area (TPSA) is 15.3 Å². The highest BCUT2D eigenvalue weighted by Gasteiger charge is 2.31. The van der Waals surface area contributed by atoms with Crippen molar-refractivity contribution >= 4 is 11.3 Å². The molecule has 0 amide bonds. The third-order valence-electron chi connectivity index (χ3n) is 3.86. The summed E-state index contributed by atoms with van der Waals surface area (Å²) in [7, 11) is 0. The van der Waals surface area contributed by atoms with Crippen LogP contribution in [0, 0.1) is 0 Å². The molecule has 1 fully saturated rings. The van der Waals surface area contributed by atoms with Gasteiger partial charge in [0.05, 0.1) is 0 Å². The summed E-state index contributed by atoms with van der Waals surface area (Å²) < 4.78 is 0. The molecule has 2 nitrogen and oxygen atoms in total. The standard InChI is InChI=1S/C13H22N2S/c1-4-13(3)10-15(7-6-14-13)11(2)12-5-8-16-9-12/h5,8-9,11,14H,4,6-7,10H2,1-3H3. The largest absolute Gasteiger partial charge is 0.309 e. The highest BCUT2D eigenvalue weighted by molar-refractivity contribution is 7.07. The molecule has 1 saturated heterocycles.